The lowest BCUT2D eigenvalue weighted by atomic mass is 10.1. The summed E-state index contributed by atoms with van der Waals surface area (Å²) >= 11 is 0. The number of nitrogens with zero attached hydrogens (tertiary/aromatic N) is 1. The molecule has 102 valence electrons. The van der Waals surface area contributed by atoms with E-state index in [1.807, 2.05) is 42.3 Å². The zero-order valence-electron chi connectivity index (χ0n) is 11.3. The van der Waals surface area contributed by atoms with Gasteiger partial charge in [0.05, 0.1) is 5.69 Å². The van der Waals surface area contributed by atoms with E-state index in [4.69, 9.17) is 5.11 Å². The van der Waals surface area contributed by atoms with Crippen LogP contribution in [0.15, 0.2) is 48.5 Å². The maximum atomic E-state index is 13.7. The van der Waals surface area contributed by atoms with Crippen LogP contribution in [0.5, 0.6) is 0 Å². The van der Waals surface area contributed by atoms with Gasteiger partial charge in [0, 0.05) is 19.2 Å². The molecule has 2 aromatic carbocycles. The fourth-order valence-electron chi connectivity index (χ4n) is 2.02. The van der Waals surface area contributed by atoms with Crippen molar-refractivity contribution < 1.29 is 9.50 Å². The summed E-state index contributed by atoms with van der Waals surface area (Å²) < 4.78 is 13.7. The number of aliphatic hydroxyl groups excluding tert-OH is 1. The highest BCUT2D eigenvalue weighted by Gasteiger charge is 2.08. The molecule has 0 saturated heterocycles. The lowest BCUT2D eigenvalue weighted by molar-refractivity contribution is 0.350. The van der Waals surface area contributed by atoms with Gasteiger partial charge in [-0.05, 0) is 23.8 Å². The van der Waals surface area contributed by atoms with Crippen LogP contribution in [-0.2, 0) is 6.54 Å². The summed E-state index contributed by atoms with van der Waals surface area (Å²) in [5.41, 5.74) is 2.40. The largest absolute Gasteiger partial charge is 0.384 e. The molecule has 0 amide bonds. The van der Waals surface area contributed by atoms with Gasteiger partial charge in [0.1, 0.15) is 12.4 Å². The minimum atomic E-state index is -0.242. The van der Waals surface area contributed by atoms with Gasteiger partial charge in [-0.2, -0.15) is 0 Å². The minimum Gasteiger partial charge on any atom is -0.384 e. The summed E-state index contributed by atoms with van der Waals surface area (Å²) in [6.07, 6.45) is 0. The fourth-order valence-corrected chi connectivity index (χ4v) is 2.02. The van der Waals surface area contributed by atoms with Crippen LogP contribution in [-0.4, -0.2) is 18.8 Å². The summed E-state index contributed by atoms with van der Waals surface area (Å²) in [7, 11) is 1.84. The number of para-hydroxylation sites is 1. The van der Waals surface area contributed by atoms with Gasteiger partial charge in [0.2, 0.25) is 0 Å². The van der Waals surface area contributed by atoms with Gasteiger partial charge >= 0.3 is 0 Å². The molecule has 0 spiro atoms. The smallest absolute Gasteiger partial charge is 0.146 e. The normalized spacial score (nSPS) is 9.75. The zero-order chi connectivity index (χ0) is 14.4. The number of hydrogen-bond acceptors (Lipinski definition) is 2. The first-order valence-corrected chi connectivity index (χ1v) is 6.35. The Labute approximate surface area is 118 Å². The molecule has 0 aliphatic carbocycles. The molecule has 0 saturated carbocycles. The van der Waals surface area contributed by atoms with Crippen molar-refractivity contribution in [2.45, 2.75) is 6.54 Å². The lowest BCUT2D eigenvalue weighted by Gasteiger charge is -2.20. The molecule has 20 heavy (non-hydrogen) atoms. The second kappa shape index (κ2) is 6.74. The second-order valence-electron chi connectivity index (χ2n) is 4.42. The number of halogens is 1. The minimum absolute atomic E-state index is 0.169. The summed E-state index contributed by atoms with van der Waals surface area (Å²) in [6, 6.07) is 14.4. The monoisotopic (exact) mass is 269 g/mol. The standard InChI is InChI=1S/C17H16FNO/c1-19(17-11-5-4-10-16(17)18)13-15-8-3-2-7-14(15)9-6-12-20/h2-5,7-8,10-11,20H,12-13H2,1H3. The van der Waals surface area contributed by atoms with Crippen molar-refractivity contribution in [1.29, 1.82) is 0 Å². The number of anilines is 1. The maximum Gasteiger partial charge on any atom is 0.146 e. The Hall–Kier alpha value is -2.31. The summed E-state index contributed by atoms with van der Waals surface area (Å²) in [5.74, 6) is 5.31. The van der Waals surface area contributed by atoms with E-state index in [0.717, 1.165) is 11.1 Å². The van der Waals surface area contributed by atoms with Crippen LogP contribution in [0.2, 0.25) is 0 Å². The van der Waals surface area contributed by atoms with Gasteiger partial charge in [-0.3, -0.25) is 0 Å². The highest BCUT2D eigenvalue weighted by Crippen LogP contribution is 2.20. The zero-order valence-corrected chi connectivity index (χ0v) is 11.3. The molecule has 2 aromatic rings. The molecule has 0 bridgehead atoms. The Kier molecular flexibility index (Phi) is 4.75. The van der Waals surface area contributed by atoms with Crippen molar-refractivity contribution in [2.24, 2.45) is 0 Å². The van der Waals surface area contributed by atoms with E-state index in [9.17, 15) is 4.39 Å². The fraction of sp³-hybridized carbons (Fsp3) is 0.176. The van der Waals surface area contributed by atoms with Crippen LogP contribution in [0.1, 0.15) is 11.1 Å². The summed E-state index contributed by atoms with van der Waals surface area (Å²) in [6.45, 7) is 0.384. The molecule has 0 aliphatic rings. The predicted molar refractivity (Wildman–Crippen MR) is 78.9 cm³/mol. The number of benzene rings is 2. The molecule has 0 aromatic heterocycles. The van der Waals surface area contributed by atoms with E-state index in [0.29, 0.717) is 12.2 Å². The average Bonchev–Trinajstić information content (AvgIpc) is 2.46. The van der Waals surface area contributed by atoms with Crippen LogP contribution >= 0.6 is 0 Å². The van der Waals surface area contributed by atoms with E-state index < -0.39 is 0 Å². The van der Waals surface area contributed by atoms with Crippen LogP contribution in [0.25, 0.3) is 0 Å². The van der Waals surface area contributed by atoms with E-state index in [1.54, 1.807) is 12.1 Å². The quantitative estimate of drug-likeness (QED) is 0.866. The molecule has 0 heterocycles. The number of rotatable bonds is 3. The molecule has 0 aliphatic heterocycles. The van der Waals surface area contributed by atoms with E-state index in [-0.39, 0.29) is 12.4 Å². The first-order valence-electron chi connectivity index (χ1n) is 6.35. The molecule has 0 atom stereocenters. The Morgan fingerprint density at radius 1 is 1.10 bits per heavy atom. The Morgan fingerprint density at radius 2 is 1.80 bits per heavy atom. The van der Waals surface area contributed by atoms with Crippen molar-refractivity contribution in [2.75, 3.05) is 18.6 Å². The van der Waals surface area contributed by atoms with Crippen molar-refractivity contribution in [3.63, 3.8) is 0 Å². The van der Waals surface area contributed by atoms with Crippen LogP contribution in [0, 0.1) is 17.7 Å². The van der Waals surface area contributed by atoms with Crippen LogP contribution in [0.3, 0.4) is 0 Å². The van der Waals surface area contributed by atoms with Gasteiger partial charge in [-0.1, -0.05) is 42.2 Å². The third-order valence-electron chi connectivity index (χ3n) is 2.99. The van der Waals surface area contributed by atoms with E-state index in [2.05, 4.69) is 11.8 Å². The van der Waals surface area contributed by atoms with Gasteiger partial charge in [0.15, 0.2) is 0 Å². The van der Waals surface area contributed by atoms with Gasteiger partial charge in [-0.25, -0.2) is 4.39 Å². The molecular formula is C17H16FNO. The Morgan fingerprint density at radius 3 is 2.55 bits per heavy atom. The lowest BCUT2D eigenvalue weighted by Crippen LogP contribution is -2.18. The van der Waals surface area contributed by atoms with Gasteiger partial charge in [0.25, 0.3) is 0 Å². The highest BCUT2D eigenvalue weighted by molar-refractivity contribution is 5.49. The summed E-state index contributed by atoms with van der Waals surface area (Å²) in [5, 5.41) is 8.78. The molecule has 0 radical (unpaired) electrons. The number of aliphatic hydroxyl groups is 1. The van der Waals surface area contributed by atoms with Crippen molar-refractivity contribution >= 4 is 5.69 Å². The summed E-state index contributed by atoms with van der Waals surface area (Å²) in [4.78, 5) is 1.84. The Balaban J connectivity index is 2.24. The van der Waals surface area contributed by atoms with Crippen molar-refractivity contribution in [1.82, 2.24) is 0 Å². The van der Waals surface area contributed by atoms with Crippen molar-refractivity contribution in [3.05, 3.63) is 65.5 Å². The SMILES string of the molecule is CN(Cc1ccccc1C#CCO)c1ccccc1F. The van der Waals surface area contributed by atoms with Gasteiger partial charge < -0.3 is 10.0 Å². The molecule has 0 unspecified atom stereocenters. The van der Waals surface area contributed by atoms with Gasteiger partial charge in [-0.15, -0.1) is 0 Å². The third-order valence-corrected chi connectivity index (χ3v) is 2.99. The highest BCUT2D eigenvalue weighted by atomic mass is 19.1. The first kappa shape index (κ1) is 14.1. The van der Waals surface area contributed by atoms with E-state index in [1.165, 1.54) is 6.07 Å². The average molecular weight is 269 g/mol. The topological polar surface area (TPSA) is 23.5 Å². The molecule has 1 N–H and O–H groups in total. The molecule has 3 heteroatoms. The van der Waals surface area contributed by atoms with Crippen molar-refractivity contribution in [3.8, 4) is 11.8 Å². The van der Waals surface area contributed by atoms with E-state index >= 15 is 0 Å². The molecule has 2 rings (SSSR count). The predicted octanol–water partition coefficient (Wildman–Crippen LogP) is 2.81. The first-order chi connectivity index (χ1) is 9.72. The molecule has 2 nitrogen and oxygen atoms in total. The second-order valence-corrected chi connectivity index (χ2v) is 4.42. The number of hydrogen-bond donors (Lipinski definition) is 1. The van der Waals surface area contributed by atoms with Crippen LogP contribution < -0.4 is 4.90 Å². The maximum absolute atomic E-state index is 13.7. The molecule has 0 fully saturated rings. The Bertz CT molecular complexity index is 643. The van der Waals surface area contributed by atoms with Crippen LogP contribution in [0.4, 0.5) is 10.1 Å². The third kappa shape index (κ3) is 3.37. The molecular weight excluding hydrogens is 253 g/mol.